The molecule has 1 aliphatic heterocycles. The fourth-order valence-electron chi connectivity index (χ4n) is 3.04. The average molecular weight is 405 g/mol. The second-order valence-corrected chi connectivity index (χ2v) is 6.35. The summed E-state index contributed by atoms with van der Waals surface area (Å²) in [5, 5.41) is 5.88. The Morgan fingerprint density at radius 3 is 2.79 bits per heavy atom. The van der Waals surface area contributed by atoms with E-state index in [1.165, 1.54) is 4.90 Å². The lowest BCUT2D eigenvalue weighted by Gasteiger charge is -2.20. The van der Waals surface area contributed by atoms with E-state index in [0.29, 0.717) is 11.4 Å². The molecule has 0 bridgehead atoms. The van der Waals surface area contributed by atoms with Gasteiger partial charge in [0.05, 0.1) is 17.4 Å². The van der Waals surface area contributed by atoms with E-state index < -0.39 is 24.2 Å². The number of likely N-dealkylation sites (N-methyl/N-ethyl adjacent to an activating group) is 1. The first-order valence-electron chi connectivity index (χ1n) is 8.47. The molecule has 0 aliphatic carbocycles. The lowest BCUT2D eigenvalue weighted by Crippen LogP contribution is -2.49. The number of rotatable bonds is 2. The smallest absolute Gasteiger partial charge is 0.489 e. The van der Waals surface area contributed by atoms with Gasteiger partial charge in [-0.15, -0.1) is 13.2 Å². The van der Waals surface area contributed by atoms with Gasteiger partial charge < -0.3 is 15.0 Å². The van der Waals surface area contributed by atoms with Crippen LogP contribution < -0.4 is 15.0 Å². The van der Waals surface area contributed by atoms with Crippen molar-refractivity contribution in [3.63, 3.8) is 0 Å². The highest BCUT2D eigenvalue weighted by Crippen LogP contribution is 2.30. The molecule has 1 aromatic carbocycles. The summed E-state index contributed by atoms with van der Waals surface area (Å²) in [7, 11) is 1.54. The Hall–Kier alpha value is -3.63. The van der Waals surface area contributed by atoms with Crippen LogP contribution in [0.2, 0.25) is 0 Å². The number of fused-ring (bicyclic) bond motifs is 2. The van der Waals surface area contributed by atoms with Gasteiger partial charge in [0, 0.05) is 18.6 Å². The van der Waals surface area contributed by atoms with Gasteiger partial charge in [0.1, 0.15) is 24.1 Å². The zero-order valence-electron chi connectivity index (χ0n) is 15.0. The molecule has 1 atom stereocenters. The van der Waals surface area contributed by atoms with E-state index in [0.717, 1.165) is 18.5 Å². The molecule has 0 radical (unpaired) electrons. The van der Waals surface area contributed by atoms with Crippen molar-refractivity contribution in [1.29, 1.82) is 0 Å². The van der Waals surface area contributed by atoms with Crippen LogP contribution in [0.1, 0.15) is 10.5 Å². The van der Waals surface area contributed by atoms with Crippen molar-refractivity contribution in [2.45, 2.75) is 12.3 Å². The van der Waals surface area contributed by atoms with E-state index in [1.807, 2.05) is 0 Å². The van der Waals surface area contributed by atoms with Gasteiger partial charge >= 0.3 is 6.30 Å². The summed E-state index contributed by atoms with van der Waals surface area (Å²) in [5.41, 5.74) is -0.0470. The van der Waals surface area contributed by atoms with Gasteiger partial charge in [-0.2, -0.15) is 9.78 Å². The molecule has 2 amide bonds. The minimum absolute atomic E-state index is 0.128. The lowest BCUT2D eigenvalue weighted by atomic mass is 10.2. The van der Waals surface area contributed by atoms with Crippen molar-refractivity contribution in [2.24, 2.45) is 0 Å². The number of para-hydroxylation sites is 2. The first-order chi connectivity index (χ1) is 13.8. The Balaban J connectivity index is 1.59. The van der Waals surface area contributed by atoms with Crippen LogP contribution in [0.15, 0.2) is 42.7 Å². The Kier molecular flexibility index (Phi) is 4.36. The number of nitrogens with one attached hydrogen (secondary N) is 1. The molecule has 2 aromatic heterocycles. The van der Waals surface area contributed by atoms with Crippen molar-refractivity contribution >= 4 is 28.4 Å². The molecule has 11 heteroatoms. The maximum Gasteiger partial charge on any atom is 0.505 e. The van der Waals surface area contributed by atoms with E-state index in [-0.39, 0.29) is 27.9 Å². The van der Waals surface area contributed by atoms with Crippen molar-refractivity contribution in [3.8, 4) is 5.75 Å². The second kappa shape index (κ2) is 6.76. The first-order valence-corrected chi connectivity index (χ1v) is 8.47. The molecule has 3 heterocycles. The van der Waals surface area contributed by atoms with Gasteiger partial charge in [-0.3, -0.25) is 14.6 Å². The molecule has 0 spiro atoms. The zero-order chi connectivity index (χ0) is 20.8. The normalized spacial score (nSPS) is 16.9. The van der Waals surface area contributed by atoms with Crippen molar-refractivity contribution in [3.05, 3.63) is 48.4 Å². The molecule has 3 aromatic rings. The molecule has 1 aliphatic rings. The van der Waals surface area contributed by atoms with Crippen molar-refractivity contribution in [1.82, 2.24) is 20.1 Å². The van der Waals surface area contributed by atoms with Gasteiger partial charge in [-0.05, 0) is 18.2 Å². The number of pyridine rings is 1. The van der Waals surface area contributed by atoms with Crippen LogP contribution >= 0.6 is 0 Å². The van der Waals surface area contributed by atoms with Crippen LogP contribution in [0.25, 0.3) is 10.9 Å². The van der Waals surface area contributed by atoms with Gasteiger partial charge in [-0.1, -0.05) is 12.1 Å². The fourth-order valence-corrected chi connectivity index (χ4v) is 3.04. The molecule has 1 unspecified atom stereocenters. The number of carbonyl (C=O) groups is 2. The number of ether oxygens (including phenoxy) is 1. The number of alkyl halides is 3. The van der Waals surface area contributed by atoms with E-state index >= 15 is 0 Å². The summed E-state index contributed by atoms with van der Waals surface area (Å²) in [5.74, 6) is -0.749. The monoisotopic (exact) mass is 405 g/mol. The zero-order valence-corrected chi connectivity index (χ0v) is 15.0. The molecular weight excluding hydrogens is 391 g/mol. The van der Waals surface area contributed by atoms with Crippen LogP contribution in [0.3, 0.4) is 0 Å². The quantitative estimate of drug-likeness (QED) is 0.705. The molecule has 29 heavy (non-hydrogen) atoms. The summed E-state index contributed by atoms with van der Waals surface area (Å²) >= 11 is 0. The van der Waals surface area contributed by atoms with Gasteiger partial charge in [0.25, 0.3) is 11.8 Å². The van der Waals surface area contributed by atoms with Crippen LogP contribution in [0.4, 0.5) is 18.9 Å². The maximum atomic E-state index is 13.0. The number of benzene rings is 1. The van der Waals surface area contributed by atoms with E-state index in [4.69, 9.17) is 4.74 Å². The third-order valence-corrected chi connectivity index (χ3v) is 4.49. The molecule has 1 N–H and O–H groups in total. The molecule has 0 saturated carbocycles. The highest BCUT2D eigenvalue weighted by Gasteiger charge is 2.34. The minimum atomic E-state index is -4.74. The second-order valence-electron chi connectivity index (χ2n) is 6.35. The first kappa shape index (κ1) is 18.7. The summed E-state index contributed by atoms with van der Waals surface area (Å²) in [6.07, 6.45) is -2.62. The predicted molar refractivity (Wildman–Crippen MR) is 95.4 cm³/mol. The molecular formula is C18H14F3N5O3. The molecule has 8 nitrogen and oxygen atoms in total. The van der Waals surface area contributed by atoms with Crippen LogP contribution in [0, 0.1) is 0 Å². The van der Waals surface area contributed by atoms with Gasteiger partial charge in [0.15, 0.2) is 0 Å². The molecule has 0 fully saturated rings. The molecule has 150 valence electrons. The summed E-state index contributed by atoms with van der Waals surface area (Å²) in [6.45, 7) is -0.130. The number of halogens is 3. The Morgan fingerprint density at radius 2 is 2.03 bits per heavy atom. The van der Waals surface area contributed by atoms with E-state index in [2.05, 4.69) is 15.4 Å². The van der Waals surface area contributed by atoms with E-state index in [1.54, 1.807) is 31.3 Å². The van der Waals surface area contributed by atoms with Gasteiger partial charge in [0.2, 0.25) is 0 Å². The number of hydrogen-bond donors (Lipinski definition) is 1. The lowest BCUT2D eigenvalue weighted by molar-refractivity contribution is -0.209. The maximum absolute atomic E-state index is 13.0. The topological polar surface area (TPSA) is 89.4 Å². The number of aromatic nitrogens is 3. The molecule has 4 rings (SSSR count). The largest absolute Gasteiger partial charge is 0.505 e. The van der Waals surface area contributed by atoms with Crippen LogP contribution in [0.5, 0.6) is 5.75 Å². The minimum Gasteiger partial charge on any atom is -0.489 e. The third-order valence-electron chi connectivity index (χ3n) is 4.49. The highest BCUT2D eigenvalue weighted by atomic mass is 19.4. The van der Waals surface area contributed by atoms with Crippen molar-refractivity contribution < 1.29 is 27.5 Å². The SMILES string of the molecule is CN1C(=O)C(NC(=O)c2cc3c(cn2)cnn3C(F)(F)F)COc2ccccc21. The van der Waals surface area contributed by atoms with Crippen LogP contribution in [-0.4, -0.2) is 46.3 Å². The third kappa shape index (κ3) is 3.35. The number of nitrogens with zero attached hydrogens (tertiary/aromatic N) is 4. The summed E-state index contributed by atoms with van der Waals surface area (Å²) in [4.78, 5) is 30.5. The van der Waals surface area contributed by atoms with Gasteiger partial charge in [-0.25, -0.2) is 0 Å². The molecule has 0 saturated heterocycles. The van der Waals surface area contributed by atoms with Crippen LogP contribution in [-0.2, 0) is 11.1 Å². The average Bonchev–Trinajstić information content (AvgIpc) is 3.09. The fraction of sp³-hybridized carbons (Fsp3) is 0.222. The summed E-state index contributed by atoms with van der Waals surface area (Å²) < 4.78 is 44.6. The number of amides is 2. The van der Waals surface area contributed by atoms with E-state index in [9.17, 15) is 22.8 Å². The Morgan fingerprint density at radius 1 is 1.28 bits per heavy atom. The highest BCUT2D eigenvalue weighted by molar-refractivity contribution is 6.03. The van der Waals surface area contributed by atoms with Crippen molar-refractivity contribution in [2.75, 3.05) is 18.6 Å². The summed E-state index contributed by atoms with van der Waals surface area (Å²) in [6, 6.07) is 6.82. The number of carbonyl (C=O) groups excluding carboxylic acids is 2. The number of hydrogen-bond acceptors (Lipinski definition) is 5. The Labute approximate surface area is 161 Å². The standard InChI is InChI=1S/C18H14F3N5O3/c1-25-13-4-2-3-5-15(13)29-9-12(17(25)28)24-16(27)11-6-14-10(7-22-11)8-23-26(14)18(19,20)21/h2-8,12H,9H2,1H3,(H,24,27). The Bertz CT molecular complexity index is 1110. The predicted octanol–water partition coefficient (Wildman–Crippen LogP) is 2.06. The number of anilines is 1.